The van der Waals surface area contributed by atoms with Crippen LogP contribution in [0.1, 0.15) is 0 Å². The Hall–Kier alpha value is -1.55. The van der Waals surface area contributed by atoms with Crippen molar-refractivity contribution in [2.45, 2.75) is 6.04 Å². The van der Waals surface area contributed by atoms with Crippen molar-refractivity contribution in [3.05, 3.63) is 24.3 Å². The van der Waals surface area contributed by atoms with Gasteiger partial charge in [-0.2, -0.15) is 0 Å². The van der Waals surface area contributed by atoms with Crippen molar-refractivity contribution in [1.29, 1.82) is 0 Å². The molecule has 16 heavy (non-hydrogen) atoms. The summed E-state index contributed by atoms with van der Waals surface area (Å²) in [6.07, 6.45) is 0. The van der Waals surface area contributed by atoms with E-state index in [4.69, 9.17) is 0 Å². The first kappa shape index (κ1) is 9.66. The van der Waals surface area contributed by atoms with E-state index in [0.717, 1.165) is 31.0 Å². The van der Waals surface area contributed by atoms with Gasteiger partial charge in [-0.3, -0.25) is 4.79 Å². The molecular weight excluding hydrogens is 202 g/mol. The monoisotopic (exact) mass is 217 g/mol. The van der Waals surface area contributed by atoms with Gasteiger partial charge in [0, 0.05) is 19.6 Å². The van der Waals surface area contributed by atoms with Gasteiger partial charge < -0.3 is 15.5 Å². The fourth-order valence-corrected chi connectivity index (χ4v) is 2.45. The molecule has 3 rings (SSSR count). The van der Waals surface area contributed by atoms with E-state index in [2.05, 4.69) is 21.6 Å². The minimum Gasteiger partial charge on any atom is -0.376 e. The molecule has 4 heteroatoms. The maximum Gasteiger partial charge on any atom is 0.175 e. The SMILES string of the molecule is O=C1CNc2ccccc2N2CCNCC12. The highest BCUT2D eigenvalue weighted by Gasteiger charge is 2.31. The topological polar surface area (TPSA) is 44.4 Å². The maximum absolute atomic E-state index is 12.0. The van der Waals surface area contributed by atoms with Gasteiger partial charge in [0.1, 0.15) is 6.04 Å². The van der Waals surface area contributed by atoms with Crippen LogP contribution in [0.5, 0.6) is 0 Å². The maximum atomic E-state index is 12.0. The molecule has 1 unspecified atom stereocenters. The zero-order chi connectivity index (χ0) is 11.0. The van der Waals surface area contributed by atoms with Gasteiger partial charge in [-0.25, -0.2) is 0 Å². The number of nitrogens with zero attached hydrogens (tertiary/aromatic N) is 1. The number of rotatable bonds is 0. The number of para-hydroxylation sites is 2. The molecule has 0 radical (unpaired) electrons. The van der Waals surface area contributed by atoms with Gasteiger partial charge in [0.15, 0.2) is 5.78 Å². The van der Waals surface area contributed by atoms with Crippen LogP contribution in [0.25, 0.3) is 0 Å². The van der Waals surface area contributed by atoms with Crippen molar-refractivity contribution in [2.75, 3.05) is 36.4 Å². The molecule has 0 saturated carbocycles. The third-order valence-electron chi connectivity index (χ3n) is 3.28. The number of nitrogens with one attached hydrogen (secondary N) is 2. The predicted octanol–water partition coefficient (Wildman–Crippen LogP) is 0.459. The standard InChI is InChI=1S/C12H15N3O/c16-12-8-14-9-3-1-2-4-10(9)15-6-5-13-7-11(12)15/h1-4,11,13-14H,5-8H2. The highest BCUT2D eigenvalue weighted by Crippen LogP contribution is 2.30. The van der Waals surface area contributed by atoms with Crippen molar-refractivity contribution in [3.63, 3.8) is 0 Å². The molecule has 0 spiro atoms. The second-order valence-corrected chi connectivity index (χ2v) is 4.25. The molecule has 2 N–H and O–H groups in total. The number of carbonyl (C=O) groups excluding carboxylic acids is 1. The van der Waals surface area contributed by atoms with Crippen molar-refractivity contribution in [1.82, 2.24) is 5.32 Å². The molecule has 2 aliphatic rings. The van der Waals surface area contributed by atoms with Crippen molar-refractivity contribution in [3.8, 4) is 0 Å². The number of anilines is 2. The Morgan fingerprint density at radius 3 is 3.12 bits per heavy atom. The Bertz CT molecular complexity index is 418. The summed E-state index contributed by atoms with van der Waals surface area (Å²) in [7, 11) is 0. The summed E-state index contributed by atoms with van der Waals surface area (Å²) >= 11 is 0. The summed E-state index contributed by atoms with van der Waals surface area (Å²) in [5.74, 6) is 0.267. The van der Waals surface area contributed by atoms with E-state index in [0.29, 0.717) is 6.54 Å². The van der Waals surface area contributed by atoms with Gasteiger partial charge in [0.2, 0.25) is 0 Å². The zero-order valence-electron chi connectivity index (χ0n) is 9.07. The number of hydrogen-bond acceptors (Lipinski definition) is 4. The summed E-state index contributed by atoms with van der Waals surface area (Å²) < 4.78 is 0. The van der Waals surface area contributed by atoms with E-state index >= 15 is 0 Å². The number of piperazine rings is 1. The second kappa shape index (κ2) is 3.79. The lowest BCUT2D eigenvalue weighted by molar-refractivity contribution is -0.118. The molecule has 0 bridgehead atoms. The lowest BCUT2D eigenvalue weighted by Gasteiger charge is -2.35. The number of carbonyl (C=O) groups is 1. The van der Waals surface area contributed by atoms with Crippen LogP contribution < -0.4 is 15.5 Å². The summed E-state index contributed by atoms with van der Waals surface area (Å²) in [5.41, 5.74) is 2.22. The van der Waals surface area contributed by atoms with E-state index < -0.39 is 0 Å². The zero-order valence-corrected chi connectivity index (χ0v) is 9.07. The quantitative estimate of drug-likeness (QED) is 0.662. The summed E-state index contributed by atoms with van der Waals surface area (Å²) in [4.78, 5) is 14.2. The first-order valence-corrected chi connectivity index (χ1v) is 5.69. The fourth-order valence-electron chi connectivity index (χ4n) is 2.45. The van der Waals surface area contributed by atoms with Crippen molar-refractivity contribution < 1.29 is 4.79 Å². The molecule has 0 aliphatic carbocycles. The average Bonchev–Trinajstić information content (AvgIpc) is 2.49. The van der Waals surface area contributed by atoms with Crippen LogP contribution >= 0.6 is 0 Å². The average molecular weight is 217 g/mol. The predicted molar refractivity (Wildman–Crippen MR) is 63.9 cm³/mol. The highest BCUT2D eigenvalue weighted by atomic mass is 16.1. The Morgan fingerprint density at radius 1 is 1.31 bits per heavy atom. The molecular formula is C12H15N3O. The number of fused-ring (bicyclic) bond motifs is 3. The third-order valence-corrected chi connectivity index (χ3v) is 3.28. The molecule has 0 amide bonds. The van der Waals surface area contributed by atoms with E-state index in [-0.39, 0.29) is 11.8 Å². The van der Waals surface area contributed by atoms with Crippen LogP contribution in [0, 0.1) is 0 Å². The van der Waals surface area contributed by atoms with Gasteiger partial charge in [-0.05, 0) is 12.1 Å². The molecule has 2 heterocycles. The van der Waals surface area contributed by atoms with Crippen molar-refractivity contribution in [2.24, 2.45) is 0 Å². The Kier molecular flexibility index (Phi) is 2.29. The summed E-state index contributed by atoms with van der Waals surface area (Å²) in [6.45, 7) is 3.03. The first-order chi connectivity index (χ1) is 7.86. The molecule has 1 saturated heterocycles. The van der Waals surface area contributed by atoms with E-state index in [1.807, 2.05) is 18.2 Å². The number of ketones is 1. The van der Waals surface area contributed by atoms with Crippen molar-refractivity contribution >= 4 is 17.2 Å². The van der Waals surface area contributed by atoms with Crippen LogP contribution in [-0.4, -0.2) is 38.0 Å². The largest absolute Gasteiger partial charge is 0.376 e. The molecule has 1 aromatic rings. The third kappa shape index (κ3) is 1.46. The molecule has 1 atom stereocenters. The van der Waals surface area contributed by atoms with Crippen LogP contribution in [0.2, 0.25) is 0 Å². The van der Waals surface area contributed by atoms with E-state index in [9.17, 15) is 4.79 Å². The molecule has 0 aromatic heterocycles. The molecule has 84 valence electrons. The van der Waals surface area contributed by atoms with Crippen LogP contribution in [0.4, 0.5) is 11.4 Å². The van der Waals surface area contributed by atoms with Gasteiger partial charge in [0.05, 0.1) is 17.9 Å². The lowest BCUT2D eigenvalue weighted by Crippen LogP contribution is -2.55. The van der Waals surface area contributed by atoms with Crippen LogP contribution in [0.3, 0.4) is 0 Å². The fraction of sp³-hybridized carbons (Fsp3) is 0.417. The minimum absolute atomic E-state index is 0.00935. The number of benzene rings is 1. The molecule has 4 nitrogen and oxygen atoms in total. The normalized spacial score (nSPS) is 24.1. The first-order valence-electron chi connectivity index (χ1n) is 5.69. The van der Waals surface area contributed by atoms with Gasteiger partial charge in [0.25, 0.3) is 0 Å². The minimum atomic E-state index is -0.00935. The number of hydrogen-bond donors (Lipinski definition) is 2. The smallest absolute Gasteiger partial charge is 0.175 e. The molecule has 1 fully saturated rings. The number of Topliss-reactive ketones (excluding diaryl/α,β-unsaturated/α-hetero) is 1. The van der Waals surface area contributed by atoms with E-state index in [1.54, 1.807) is 0 Å². The lowest BCUT2D eigenvalue weighted by atomic mass is 10.1. The van der Waals surface area contributed by atoms with E-state index in [1.165, 1.54) is 0 Å². The highest BCUT2D eigenvalue weighted by molar-refractivity contribution is 5.95. The summed E-state index contributed by atoms with van der Waals surface area (Å²) in [5, 5.41) is 6.49. The van der Waals surface area contributed by atoms with Gasteiger partial charge >= 0.3 is 0 Å². The molecule has 1 aromatic carbocycles. The Morgan fingerprint density at radius 2 is 2.19 bits per heavy atom. The Balaban J connectivity index is 2.05. The summed E-state index contributed by atoms with van der Waals surface area (Å²) in [6, 6.07) is 8.13. The Labute approximate surface area is 94.6 Å². The molecule has 2 aliphatic heterocycles. The van der Waals surface area contributed by atoms with Gasteiger partial charge in [-0.15, -0.1) is 0 Å². The van der Waals surface area contributed by atoms with Crippen LogP contribution in [0.15, 0.2) is 24.3 Å². The van der Waals surface area contributed by atoms with Crippen LogP contribution in [-0.2, 0) is 4.79 Å². The second-order valence-electron chi connectivity index (χ2n) is 4.25. The van der Waals surface area contributed by atoms with Gasteiger partial charge in [-0.1, -0.05) is 12.1 Å².